The molecule has 2 saturated heterocycles. The Balaban J connectivity index is 1.88. The quantitative estimate of drug-likeness (QED) is 0.709. The van der Waals surface area contributed by atoms with Crippen molar-refractivity contribution in [1.29, 1.82) is 0 Å². The van der Waals surface area contributed by atoms with E-state index in [4.69, 9.17) is 0 Å². The summed E-state index contributed by atoms with van der Waals surface area (Å²) in [6, 6.07) is 0.115. The van der Waals surface area contributed by atoms with E-state index in [1.165, 1.54) is 25.7 Å². The lowest BCUT2D eigenvalue weighted by Gasteiger charge is -2.35. The number of nitrogens with zero attached hydrogens (tertiary/aromatic N) is 1. The minimum absolute atomic E-state index is 0.115. The Bertz CT molecular complexity index is 224. The third-order valence-corrected chi connectivity index (χ3v) is 3.58. The van der Waals surface area contributed by atoms with E-state index in [2.05, 4.69) is 17.1 Å². The van der Waals surface area contributed by atoms with Crippen LogP contribution in [0.2, 0.25) is 0 Å². The molecular weight excluding hydrogens is 188 g/mol. The van der Waals surface area contributed by atoms with Crippen LogP contribution in [0.25, 0.3) is 0 Å². The molecule has 2 aliphatic heterocycles. The summed E-state index contributed by atoms with van der Waals surface area (Å²) in [5.74, 6) is 1.03. The van der Waals surface area contributed by atoms with E-state index < -0.39 is 0 Å². The molecule has 0 saturated carbocycles. The van der Waals surface area contributed by atoms with Crippen molar-refractivity contribution in [3.8, 4) is 0 Å². The lowest BCUT2D eigenvalue weighted by molar-refractivity contribution is -0.135. The molecule has 0 aromatic rings. The molecule has 1 N–H and O–H groups in total. The van der Waals surface area contributed by atoms with Gasteiger partial charge in [-0.25, -0.2) is 0 Å². The van der Waals surface area contributed by atoms with Gasteiger partial charge < -0.3 is 10.2 Å². The lowest BCUT2D eigenvalue weighted by atomic mass is 9.98. The third-order valence-electron chi connectivity index (χ3n) is 3.58. The van der Waals surface area contributed by atoms with Gasteiger partial charge in [0.1, 0.15) is 0 Å². The summed E-state index contributed by atoms with van der Waals surface area (Å²) in [7, 11) is 0. The summed E-state index contributed by atoms with van der Waals surface area (Å²) in [6.07, 6.45) is 5.91. The average Bonchev–Trinajstić information content (AvgIpc) is 2.29. The standard InChI is InChI=1S/C12H22N2O/c1-10-5-4-8-14(9-10)12(15)11-6-2-3-7-13-11/h10-11,13H,2-9H2,1H3. The molecule has 0 aromatic carbocycles. The largest absolute Gasteiger partial charge is 0.341 e. The number of hydrogen-bond acceptors (Lipinski definition) is 2. The summed E-state index contributed by atoms with van der Waals surface area (Å²) < 4.78 is 0. The van der Waals surface area contributed by atoms with Gasteiger partial charge in [-0.2, -0.15) is 0 Å². The average molecular weight is 210 g/mol. The first-order chi connectivity index (χ1) is 7.27. The molecule has 2 atom stereocenters. The van der Waals surface area contributed by atoms with E-state index in [0.717, 1.165) is 26.1 Å². The van der Waals surface area contributed by atoms with Crippen molar-refractivity contribution in [3.05, 3.63) is 0 Å². The highest BCUT2D eigenvalue weighted by molar-refractivity contribution is 5.82. The van der Waals surface area contributed by atoms with Crippen molar-refractivity contribution >= 4 is 5.91 Å². The first-order valence-corrected chi connectivity index (χ1v) is 6.29. The Labute approximate surface area is 92.2 Å². The zero-order valence-corrected chi connectivity index (χ0v) is 9.67. The number of hydrogen-bond donors (Lipinski definition) is 1. The first-order valence-electron chi connectivity index (χ1n) is 6.29. The molecule has 2 rings (SSSR count). The van der Waals surface area contributed by atoms with E-state index >= 15 is 0 Å². The Kier molecular flexibility index (Phi) is 3.62. The molecule has 2 unspecified atom stereocenters. The van der Waals surface area contributed by atoms with Crippen LogP contribution in [0.1, 0.15) is 39.0 Å². The van der Waals surface area contributed by atoms with Crippen molar-refractivity contribution < 1.29 is 4.79 Å². The Morgan fingerprint density at radius 2 is 2.13 bits per heavy atom. The van der Waals surface area contributed by atoms with Crippen molar-refractivity contribution in [2.75, 3.05) is 19.6 Å². The fraction of sp³-hybridized carbons (Fsp3) is 0.917. The number of piperidine rings is 2. The fourth-order valence-corrected chi connectivity index (χ4v) is 2.67. The van der Waals surface area contributed by atoms with Crippen molar-refractivity contribution in [2.24, 2.45) is 5.92 Å². The van der Waals surface area contributed by atoms with Crippen LogP contribution in [0.15, 0.2) is 0 Å². The zero-order chi connectivity index (χ0) is 10.7. The molecule has 0 aliphatic carbocycles. The number of rotatable bonds is 1. The molecule has 0 spiro atoms. The molecule has 0 bridgehead atoms. The van der Waals surface area contributed by atoms with Crippen LogP contribution in [-0.2, 0) is 4.79 Å². The minimum atomic E-state index is 0.115. The zero-order valence-electron chi connectivity index (χ0n) is 9.67. The van der Waals surface area contributed by atoms with Gasteiger partial charge in [0.15, 0.2) is 0 Å². The van der Waals surface area contributed by atoms with Crippen molar-refractivity contribution in [3.63, 3.8) is 0 Å². The second kappa shape index (κ2) is 4.97. The number of amides is 1. The number of carbonyl (C=O) groups excluding carboxylic acids is 1. The number of likely N-dealkylation sites (tertiary alicyclic amines) is 1. The second-order valence-corrected chi connectivity index (χ2v) is 5.03. The maximum Gasteiger partial charge on any atom is 0.239 e. The van der Waals surface area contributed by atoms with E-state index in [9.17, 15) is 4.79 Å². The molecule has 1 amide bonds. The monoisotopic (exact) mass is 210 g/mol. The maximum absolute atomic E-state index is 12.2. The number of nitrogens with one attached hydrogen (secondary N) is 1. The highest BCUT2D eigenvalue weighted by atomic mass is 16.2. The summed E-state index contributed by atoms with van der Waals surface area (Å²) in [4.78, 5) is 14.2. The first kappa shape index (κ1) is 10.9. The van der Waals surface area contributed by atoms with Crippen LogP contribution in [-0.4, -0.2) is 36.5 Å². The molecule has 2 fully saturated rings. The number of carbonyl (C=O) groups is 1. The lowest BCUT2D eigenvalue weighted by Crippen LogP contribution is -2.51. The Hall–Kier alpha value is -0.570. The third kappa shape index (κ3) is 2.71. The van der Waals surface area contributed by atoms with E-state index in [0.29, 0.717) is 11.8 Å². The van der Waals surface area contributed by atoms with Crippen LogP contribution in [0.4, 0.5) is 0 Å². The van der Waals surface area contributed by atoms with Gasteiger partial charge in [0.05, 0.1) is 6.04 Å². The van der Waals surface area contributed by atoms with Gasteiger partial charge in [0.2, 0.25) is 5.91 Å². The molecule has 3 heteroatoms. The molecule has 86 valence electrons. The SMILES string of the molecule is CC1CCCN(C(=O)C2CCCCN2)C1. The molecule has 3 nitrogen and oxygen atoms in total. The van der Waals surface area contributed by atoms with Crippen molar-refractivity contribution in [1.82, 2.24) is 10.2 Å². The topological polar surface area (TPSA) is 32.3 Å². The molecule has 0 aromatic heterocycles. The Morgan fingerprint density at radius 1 is 1.27 bits per heavy atom. The van der Waals surface area contributed by atoms with E-state index in [-0.39, 0.29) is 6.04 Å². The predicted molar refractivity (Wildman–Crippen MR) is 60.6 cm³/mol. The summed E-state index contributed by atoms with van der Waals surface area (Å²) in [6.45, 7) is 5.20. The van der Waals surface area contributed by atoms with E-state index in [1.807, 2.05) is 0 Å². The van der Waals surface area contributed by atoms with Gasteiger partial charge in [0.25, 0.3) is 0 Å². The van der Waals surface area contributed by atoms with Crippen LogP contribution in [0.5, 0.6) is 0 Å². The van der Waals surface area contributed by atoms with Crippen LogP contribution in [0, 0.1) is 5.92 Å². The van der Waals surface area contributed by atoms with Gasteiger partial charge in [-0.15, -0.1) is 0 Å². The molecule has 0 radical (unpaired) electrons. The van der Waals surface area contributed by atoms with Crippen LogP contribution in [0.3, 0.4) is 0 Å². The van der Waals surface area contributed by atoms with Gasteiger partial charge in [-0.3, -0.25) is 4.79 Å². The normalized spacial score (nSPS) is 32.7. The maximum atomic E-state index is 12.2. The van der Waals surface area contributed by atoms with Crippen LogP contribution >= 0.6 is 0 Å². The molecule has 15 heavy (non-hydrogen) atoms. The summed E-state index contributed by atoms with van der Waals surface area (Å²) >= 11 is 0. The molecule has 2 aliphatic rings. The minimum Gasteiger partial charge on any atom is -0.341 e. The molecule has 2 heterocycles. The van der Waals surface area contributed by atoms with Gasteiger partial charge in [-0.1, -0.05) is 13.3 Å². The van der Waals surface area contributed by atoms with Crippen molar-refractivity contribution in [2.45, 2.75) is 45.1 Å². The second-order valence-electron chi connectivity index (χ2n) is 5.03. The predicted octanol–water partition coefficient (Wildman–Crippen LogP) is 1.39. The highest BCUT2D eigenvalue weighted by Crippen LogP contribution is 2.18. The van der Waals surface area contributed by atoms with Gasteiger partial charge in [0, 0.05) is 13.1 Å². The van der Waals surface area contributed by atoms with Gasteiger partial charge >= 0.3 is 0 Å². The smallest absolute Gasteiger partial charge is 0.239 e. The van der Waals surface area contributed by atoms with E-state index in [1.54, 1.807) is 0 Å². The van der Waals surface area contributed by atoms with Crippen LogP contribution < -0.4 is 5.32 Å². The summed E-state index contributed by atoms with van der Waals surface area (Å²) in [5, 5.41) is 3.34. The Morgan fingerprint density at radius 3 is 2.80 bits per heavy atom. The molecular formula is C12H22N2O. The van der Waals surface area contributed by atoms with Gasteiger partial charge in [-0.05, 0) is 38.1 Å². The summed E-state index contributed by atoms with van der Waals surface area (Å²) in [5.41, 5.74) is 0. The highest BCUT2D eigenvalue weighted by Gasteiger charge is 2.28. The fourth-order valence-electron chi connectivity index (χ4n) is 2.67.